The van der Waals surface area contributed by atoms with Gasteiger partial charge in [-0.25, -0.2) is 19.5 Å². The molecule has 0 aliphatic carbocycles. The Hall–Kier alpha value is -1.93. The van der Waals surface area contributed by atoms with Gasteiger partial charge in [0.05, 0.1) is 0 Å². The topological polar surface area (TPSA) is 136 Å². The number of aliphatic imine (C=N–C) groups is 1. The molecule has 0 saturated carbocycles. The van der Waals surface area contributed by atoms with E-state index in [4.69, 9.17) is 10.8 Å². The quantitative estimate of drug-likeness (QED) is 0.364. The van der Waals surface area contributed by atoms with Crippen molar-refractivity contribution in [3.8, 4) is 0 Å². The molecule has 1 aliphatic heterocycles. The summed E-state index contributed by atoms with van der Waals surface area (Å²) in [4.78, 5) is 24.5. The second kappa shape index (κ2) is 3.09. The first-order chi connectivity index (χ1) is 6.34. The Labute approximate surface area is 77.6 Å². The number of carbonyl (C=O) groups is 2. The van der Waals surface area contributed by atoms with E-state index in [9.17, 15) is 19.8 Å². The number of aliphatic carboxylic acids is 1. The van der Waals surface area contributed by atoms with E-state index in [0.717, 1.165) is 0 Å². The van der Waals surface area contributed by atoms with Gasteiger partial charge in [0, 0.05) is 6.08 Å². The van der Waals surface area contributed by atoms with Gasteiger partial charge in [-0.1, -0.05) is 0 Å². The molecule has 76 valence electrons. The van der Waals surface area contributed by atoms with Gasteiger partial charge in [0.2, 0.25) is 0 Å². The first kappa shape index (κ1) is 10.2. The van der Waals surface area contributed by atoms with E-state index < -0.39 is 23.6 Å². The van der Waals surface area contributed by atoms with Crippen LogP contribution in [-0.4, -0.2) is 44.5 Å². The molecule has 0 aromatic rings. The number of primary amides is 1. The molecule has 0 aromatic carbocycles. The summed E-state index contributed by atoms with van der Waals surface area (Å²) in [5.41, 5.74) is 4.17. The molecule has 5 N–H and O–H groups in total. The Morgan fingerprint density at radius 3 is 2.43 bits per heavy atom. The lowest BCUT2D eigenvalue weighted by molar-refractivity contribution is -0.182. The molecule has 0 fully saturated rings. The SMILES string of the molecule is NC(=O)N1C=NC(C(=O)O)=CC1(O)O. The zero-order valence-corrected chi connectivity index (χ0v) is 6.78. The highest BCUT2D eigenvalue weighted by atomic mass is 16.5. The Morgan fingerprint density at radius 2 is 2.07 bits per heavy atom. The third-order valence-corrected chi connectivity index (χ3v) is 1.45. The number of rotatable bonds is 1. The molecule has 0 radical (unpaired) electrons. The highest BCUT2D eigenvalue weighted by molar-refractivity contribution is 5.93. The number of carboxylic acid groups (broad SMARTS) is 1. The van der Waals surface area contributed by atoms with Crippen molar-refractivity contribution in [2.45, 2.75) is 5.91 Å². The molecule has 0 spiro atoms. The van der Waals surface area contributed by atoms with Gasteiger partial charge in [-0.05, 0) is 0 Å². The maximum atomic E-state index is 10.6. The lowest BCUT2D eigenvalue weighted by Crippen LogP contribution is -2.53. The minimum Gasteiger partial charge on any atom is -0.477 e. The largest absolute Gasteiger partial charge is 0.477 e. The summed E-state index contributed by atoms with van der Waals surface area (Å²) in [6, 6.07) is -1.17. The summed E-state index contributed by atoms with van der Waals surface area (Å²) in [5.74, 6) is -4.21. The number of hydrogen-bond acceptors (Lipinski definition) is 5. The van der Waals surface area contributed by atoms with E-state index >= 15 is 0 Å². The maximum Gasteiger partial charge on any atom is 0.354 e. The van der Waals surface area contributed by atoms with Crippen LogP contribution >= 0.6 is 0 Å². The smallest absolute Gasteiger partial charge is 0.354 e. The number of carboxylic acids is 1. The van der Waals surface area contributed by atoms with Crippen LogP contribution in [0.15, 0.2) is 16.8 Å². The standard InChI is InChI=1S/C6H7N3O5/c7-5(12)9-2-8-3(4(10)11)1-6(9,13)14/h1-2,13-14H,(H2,7,12)(H,10,11). The van der Waals surface area contributed by atoms with E-state index in [1.807, 2.05) is 0 Å². The number of aliphatic hydroxyl groups is 2. The molecule has 8 heteroatoms. The van der Waals surface area contributed by atoms with Crippen LogP contribution in [-0.2, 0) is 4.79 Å². The summed E-state index contributed by atoms with van der Waals surface area (Å²) in [6.07, 6.45) is 1.12. The van der Waals surface area contributed by atoms with E-state index in [2.05, 4.69) is 4.99 Å². The molecule has 1 aliphatic rings. The molecule has 0 aromatic heterocycles. The van der Waals surface area contributed by atoms with Crippen LogP contribution in [0.4, 0.5) is 4.79 Å². The fraction of sp³-hybridized carbons (Fsp3) is 0.167. The molecule has 1 heterocycles. The number of nitrogens with two attached hydrogens (primary N) is 1. The number of nitrogens with zero attached hydrogens (tertiary/aromatic N) is 2. The van der Waals surface area contributed by atoms with E-state index in [1.165, 1.54) is 0 Å². The van der Waals surface area contributed by atoms with Crippen LogP contribution in [0.1, 0.15) is 0 Å². The number of urea groups is 1. The Morgan fingerprint density at radius 1 is 1.50 bits per heavy atom. The average molecular weight is 201 g/mol. The number of carbonyl (C=O) groups excluding carboxylic acids is 1. The highest BCUT2D eigenvalue weighted by Gasteiger charge is 2.36. The predicted octanol–water partition coefficient (Wildman–Crippen LogP) is -1.98. The van der Waals surface area contributed by atoms with Gasteiger partial charge in [-0.15, -0.1) is 0 Å². The van der Waals surface area contributed by atoms with Crippen LogP contribution in [0.25, 0.3) is 0 Å². The minimum absolute atomic E-state index is 0.277. The van der Waals surface area contributed by atoms with E-state index in [0.29, 0.717) is 12.4 Å². The van der Waals surface area contributed by atoms with E-state index in [-0.39, 0.29) is 4.90 Å². The minimum atomic E-state index is -2.76. The monoisotopic (exact) mass is 201 g/mol. The zero-order valence-electron chi connectivity index (χ0n) is 6.78. The van der Waals surface area contributed by atoms with Gasteiger partial charge in [0.1, 0.15) is 6.34 Å². The second-order valence-electron chi connectivity index (χ2n) is 2.47. The zero-order chi connectivity index (χ0) is 10.9. The van der Waals surface area contributed by atoms with Crippen LogP contribution in [0.3, 0.4) is 0 Å². The molecule has 0 saturated heterocycles. The van der Waals surface area contributed by atoms with Crippen molar-refractivity contribution in [1.82, 2.24) is 4.90 Å². The van der Waals surface area contributed by atoms with Gasteiger partial charge < -0.3 is 21.1 Å². The van der Waals surface area contributed by atoms with Crippen LogP contribution in [0.2, 0.25) is 0 Å². The molecule has 1 rings (SSSR count). The Kier molecular flexibility index (Phi) is 2.24. The molecule has 8 nitrogen and oxygen atoms in total. The van der Waals surface area contributed by atoms with Crippen molar-refractivity contribution >= 4 is 18.3 Å². The number of amides is 2. The van der Waals surface area contributed by atoms with Gasteiger partial charge in [-0.2, -0.15) is 0 Å². The predicted molar refractivity (Wildman–Crippen MR) is 42.8 cm³/mol. The fourth-order valence-electron chi connectivity index (χ4n) is 0.831. The van der Waals surface area contributed by atoms with Crippen molar-refractivity contribution in [2.75, 3.05) is 0 Å². The lowest BCUT2D eigenvalue weighted by Gasteiger charge is -2.29. The van der Waals surface area contributed by atoms with Crippen molar-refractivity contribution in [1.29, 1.82) is 0 Å². The third-order valence-electron chi connectivity index (χ3n) is 1.45. The Bertz CT molecular complexity index is 345. The molecule has 0 bridgehead atoms. The maximum absolute atomic E-state index is 10.6. The first-order valence-electron chi connectivity index (χ1n) is 3.38. The van der Waals surface area contributed by atoms with Crippen molar-refractivity contribution in [3.05, 3.63) is 11.8 Å². The summed E-state index contributed by atoms with van der Waals surface area (Å²) in [6.45, 7) is 0. The van der Waals surface area contributed by atoms with Crippen LogP contribution in [0, 0.1) is 0 Å². The molecular weight excluding hydrogens is 194 g/mol. The second-order valence-corrected chi connectivity index (χ2v) is 2.47. The van der Waals surface area contributed by atoms with Gasteiger partial charge in [0.25, 0.3) is 5.91 Å². The normalized spacial score (nSPS) is 19.0. The summed E-state index contributed by atoms with van der Waals surface area (Å²) in [5, 5.41) is 26.8. The summed E-state index contributed by atoms with van der Waals surface area (Å²) < 4.78 is 0. The van der Waals surface area contributed by atoms with Crippen molar-refractivity contribution in [2.24, 2.45) is 10.7 Å². The average Bonchev–Trinajstić information content (AvgIpc) is 2.01. The van der Waals surface area contributed by atoms with Gasteiger partial charge in [0.15, 0.2) is 5.70 Å². The van der Waals surface area contributed by atoms with Crippen molar-refractivity contribution in [3.63, 3.8) is 0 Å². The molecule has 14 heavy (non-hydrogen) atoms. The van der Waals surface area contributed by atoms with Gasteiger partial charge in [-0.3, -0.25) is 0 Å². The van der Waals surface area contributed by atoms with E-state index in [1.54, 1.807) is 0 Å². The van der Waals surface area contributed by atoms with Crippen LogP contribution in [0.5, 0.6) is 0 Å². The summed E-state index contributed by atoms with van der Waals surface area (Å²) >= 11 is 0. The third kappa shape index (κ3) is 1.70. The number of hydrogen-bond donors (Lipinski definition) is 4. The highest BCUT2D eigenvalue weighted by Crippen LogP contribution is 2.16. The molecule has 2 amide bonds. The van der Waals surface area contributed by atoms with Gasteiger partial charge >= 0.3 is 12.0 Å². The molecular formula is C6H7N3O5. The van der Waals surface area contributed by atoms with Crippen LogP contribution < -0.4 is 5.73 Å². The fourth-order valence-corrected chi connectivity index (χ4v) is 0.831. The lowest BCUT2D eigenvalue weighted by atomic mass is 10.3. The van der Waals surface area contributed by atoms with Crippen molar-refractivity contribution < 1.29 is 24.9 Å². The molecule has 0 unspecified atom stereocenters. The summed E-state index contributed by atoms with van der Waals surface area (Å²) in [7, 11) is 0. The first-order valence-corrected chi connectivity index (χ1v) is 3.38. The molecule has 0 atom stereocenters. The Balaban J connectivity index is 3.04.